The summed E-state index contributed by atoms with van der Waals surface area (Å²) < 4.78 is 19.3. The minimum absolute atomic E-state index is 0.321. The zero-order chi connectivity index (χ0) is 14.8. The van der Waals surface area contributed by atoms with Gasteiger partial charge in [-0.3, -0.25) is 4.98 Å². The molecular weight excluding hydrogens is 267 g/mol. The number of hydrogen-bond donors (Lipinski definition) is 1. The summed E-state index contributed by atoms with van der Waals surface area (Å²) in [6.07, 6.45) is 1.71. The molecule has 3 aromatic rings. The number of aromatic nitrogens is 1. The smallest absolute Gasteiger partial charge is 0.153 e. The Kier molecular flexibility index (Phi) is 3.54. The highest BCUT2D eigenvalue weighted by Crippen LogP contribution is 2.32. The topological polar surface area (TPSA) is 48.1 Å². The van der Waals surface area contributed by atoms with Crippen molar-refractivity contribution in [3.8, 4) is 11.5 Å². The van der Waals surface area contributed by atoms with Gasteiger partial charge in [-0.15, -0.1) is 0 Å². The van der Waals surface area contributed by atoms with Crippen LogP contribution in [0, 0.1) is 5.82 Å². The summed E-state index contributed by atoms with van der Waals surface area (Å²) >= 11 is 0. The van der Waals surface area contributed by atoms with Crippen molar-refractivity contribution >= 4 is 10.9 Å². The van der Waals surface area contributed by atoms with Crippen molar-refractivity contribution in [2.45, 2.75) is 13.0 Å². The van der Waals surface area contributed by atoms with Crippen LogP contribution in [0.1, 0.15) is 18.5 Å². The van der Waals surface area contributed by atoms with Crippen LogP contribution in [-0.2, 0) is 0 Å². The van der Waals surface area contributed by atoms with Crippen molar-refractivity contribution in [2.75, 3.05) is 0 Å². The number of benzene rings is 2. The van der Waals surface area contributed by atoms with Gasteiger partial charge in [0.1, 0.15) is 17.1 Å². The molecule has 0 aliphatic carbocycles. The fourth-order valence-corrected chi connectivity index (χ4v) is 2.25. The summed E-state index contributed by atoms with van der Waals surface area (Å²) in [5, 5.41) is 0.986. The average molecular weight is 282 g/mol. The lowest BCUT2D eigenvalue weighted by molar-refractivity contribution is 0.473. The summed E-state index contributed by atoms with van der Waals surface area (Å²) in [7, 11) is 0. The maximum Gasteiger partial charge on any atom is 0.153 e. The van der Waals surface area contributed by atoms with Crippen molar-refractivity contribution in [3.05, 3.63) is 66.1 Å². The van der Waals surface area contributed by atoms with Crippen LogP contribution in [0.4, 0.5) is 4.39 Å². The molecule has 0 fully saturated rings. The second-order valence-electron chi connectivity index (χ2n) is 4.90. The van der Waals surface area contributed by atoms with Crippen LogP contribution >= 0.6 is 0 Å². The van der Waals surface area contributed by atoms with Crippen molar-refractivity contribution in [2.24, 2.45) is 5.73 Å². The second kappa shape index (κ2) is 5.50. The van der Waals surface area contributed by atoms with Crippen molar-refractivity contribution in [1.82, 2.24) is 4.98 Å². The van der Waals surface area contributed by atoms with Crippen molar-refractivity contribution in [3.63, 3.8) is 0 Å². The number of hydrogen-bond acceptors (Lipinski definition) is 3. The molecule has 1 atom stereocenters. The third kappa shape index (κ3) is 2.71. The summed E-state index contributed by atoms with van der Waals surface area (Å²) in [5.74, 6) is 0.844. The van der Waals surface area contributed by atoms with E-state index >= 15 is 0 Å². The average Bonchev–Trinajstić information content (AvgIpc) is 2.49. The van der Waals surface area contributed by atoms with Crippen LogP contribution < -0.4 is 10.5 Å². The Labute approximate surface area is 122 Å². The molecule has 4 heteroatoms. The molecule has 0 spiro atoms. The van der Waals surface area contributed by atoms with Crippen LogP contribution in [0.3, 0.4) is 0 Å². The molecule has 3 nitrogen and oxygen atoms in total. The highest BCUT2D eigenvalue weighted by molar-refractivity contribution is 5.84. The van der Waals surface area contributed by atoms with Gasteiger partial charge in [0.05, 0.1) is 0 Å². The lowest BCUT2D eigenvalue weighted by Crippen LogP contribution is -2.07. The van der Waals surface area contributed by atoms with Gasteiger partial charge in [0.15, 0.2) is 5.75 Å². The van der Waals surface area contributed by atoms with Crippen LogP contribution in [0.2, 0.25) is 0 Å². The normalized spacial score (nSPS) is 12.3. The molecule has 0 saturated carbocycles. The Morgan fingerprint density at radius 2 is 1.90 bits per heavy atom. The first-order valence-corrected chi connectivity index (χ1v) is 6.72. The molecule has 106 valence electrons. The molecule has 0 bridgehead atoms. The van der Waals surface area contributed by atoms with Gasteiger partial charge in [-0.2, -0.15) is 0 Å². The van der Waals surface area contributed by atoms with E-state index in [4.69, 9.17) is 10.5 Å². The zero-order valence-corrected chi connectivity index (χ0v) is 11.6. The largest absolute Gasteiger partial charge is 0.455 e. The molecule has 2 aromatic carbocycles. The van der Waals surface area contributed by atoms with E-state index in [1.807, 2.05) is 30.3 Å². The maximum atomic E-state index is 13.4. The van der Waals surface area contributed by atoms with E-state index in [1.54, 1.807) is 19.2 Å². The highest BCUT2D eigenvalue weighted by atomic mass is 19.1. The van der Waals surface area contributed by atoms with E-state index in [9.17, 15) is 4.39 Å². The number of pyridine rings is 1. The van der Waals surface area contributed by atoms with Gasteiger partial charge >= 0.3 is 0 Å². The van der Waals surface area contributed by atoms with E-state index < -0.39 is 0 Å². The van der Waals surface area contributed by atoms with Gasteiger partial charge in [0.25, 0.3) is 0 Å². The van der Waals surface area contributed by atoms with Crippen LogP contribution in [0.25, 0.3) is 10.9 Å². The Hall–Kier alpha value is -2.46. The Bertz CT molecular complexity index is 781. The molecule has 0 amide bonds. The molecule has 1 heterocycles. The van der Waals surface area contributed by atoms with E-state index in [-0.39, 0.29) is 11.9 Å². The fraction of sp³-hybridized carbons (Fsp3) is 0.118. The predicted molar refractivity (Wildman–Crippen MR) is 80.8 cm³/mol. The minimum atomic E-state index is -0.328. The third-order valence-electron chi connectivity index (χ3n) is 3.28. The van der Waals surface area contributed by atoms with Gasteiger partial charge in [-0.25, -0.2) is 4.39 Å². The first kappa shape index (κ1) is 13.5. The fourth-order valence-electron chi connectivity index (χ4n) is 2.25. The molecule has 0 radical (unpaired) electrons. The second-order valence-corrected chi connectivity index (χ2v) is 4.90. The Balaban J connectivity index is 2.07. The van der Waals surface area contributed by atoms with Crippen molar-refractivity contribution in [1.29, 1.82) is 0 Å². The van der Waals surface area contributed by atoms with E-state index in [0.717, 1.165) is 10.9 Å². The maximum absolute atomic E-state index is 13.4. The number of fused-ring (bicyclic) bond motifs is 1. The lowest BCUT2D eigenvalue weighted by Gasteiger charge is -2.14. The SMILES string of the molecule is C[C@H](N)c1cc(F)ccc1Oc1cccc2cccnc12. The summed E-state index contributed by atoms with van der Waals surface area (Å²) in [5.41, 5.74) is 7.28. The first-order valence-electron chi connectivity index (χ1n) is 6.72. The zero-order valence-electron chi connectivity index (χ0n) is 11.6. The molecule has 3 rings (SSSR count). The quantitative estimate of drug-likeness (QED) is 0.783. The highest BCUT2D eigenvalue weighted by Gasteiger charge is 2.12. The van der Waals surface area contributed by atoms with Gasteiger partial charge < -0.3 is 10.5 Å². The monoisotopic (exact) mass is 282 g/mol. The van der Waals surface area contributed by atoms with E-state index in [2.05, 4.69) is 4.98 Å². The van der Waals surface area contributed by atoms with E-state index in [0.29, 0.717) is 17.1 Å². The molecule has 21 heavy (non-hydrogen) atoms. The summed E-state index contributed by atoms with van der Waals surface area (Å²) in [6.45, 7) is 1.79. The number of rotatable bonds is 3. The molecular formula is C17H15FN2O. The standard InChI is InChI=1S/C17H15FN2O/c1-11(19)14-10-13(18)7-8-15(14)21-16-6-2-4-12-5-3-9-20-17(12)16/h2-11H,19H2,1H3/t11-/m0/s1. The van der Waals surface area contributed by atoms with Gasteiger partial charge in [0.2, 0.25) is 0 Å². The molecule has 0 saturated heterocycles. The number of para-hydroxylation sites is 1. The molecule has 0 unspecified atom stereocenters. The van der Waals surface area contributed by atoms with E-state index in [1.165, 1.54) is 12.1 Å². The summed E-state index contributed by atoms with van der Waals surface area (Å²) in [4.78, 5) is 4.34. The molecule has 0 aliphatic heterocycles. The van der Waals surface area contributed by atoms with Crippen LogP contribution in [0.5, 0.6) is 11.5 Å². The van der Waals surface area contributed by atoms with Gasteiger partial charge in [-0.1, -0.05) is 18.2 Å². The number of ether oxygens (including phenoxy) is 1. The Morgan fingerprint density at radius 3 is 2.71 bits per heavy atom. The molecule has 2 N–H and O–H groups in total. The van der Waals surface area contributed by atoms with Crippen LogP contribution in [0.15, 0.2) is 54.7 Å². The minimum Gasteiger partial charge on any atom is -0.455 e. The first-order chi connectivity index (χ1) is 10.1. The van der Waals surface area contributed by atoms with Gasteiger partial charge in [0, 0.05) is 23.2 Å². The lowest BCUT2D eigenvalue weighted by atomic mass is 10.1. The third-order valence-corrected chi connectivity index (χ3v) is 3.28. The molecule has 0 aliphatic rings. The van der Waals surface area contributed by atoms with Crippen LogP contribution in [-0.4, -0.2) is 4.98 Å². The predicted octanol–water partition coefficient (Wildman–Crippen LogP) is 4.19. The number of nitrogens with two attached hydrogens (primary N) is 1. The Morgan fingerprint density at radius 1 is 1.10 bits per heavy atom. The summed E-state index contributed by atoms with van der Waals surface area (Å²) in [6, 6.07) is 13.6. The van der Waals surface area contributed by atoms with Crippen molar-refractivity contribution < 1.29 is 9.13 Å². The molecule has 1 aromatic heterocycles. The number of halogens is 1. The van der Waals surface area contributed by atoms with Gasteiger partial charge in [-0.05, 0) is 37.3 Å². The number of nitrogens with zero attached hydrogens (tertiary/aromatic N) is 1.